The van der Waals surface area contributed by atoms with Crippen LogP contribution in [0.15, 0.2) is 35.0 Å². The standard InChI is InChI=1S/C20H20ClN5O3/c1-11(18-17(7-12(2)27)29-25-19(18)20(23)28)10-26-6-5-16(24-26)13-3-4-14(9-22)15(21)8-13/h3-6,8,11-12,27H,7,10H2,1-2H3,(H2,23,28)/t11-,12?/m1/s1. The molecule has 0 saturated heterocycles. The van der Waals surface area contributed by atoms with E-state index in [1.54, 1.807) is 29.8 Å². The minimum absolute atomic E-state index is 0.0689. The number of aliphatic hydroxyl groups excluding tert-OH is 1. The van der Waals surface area contributed by atoms with Crippen molar-refractivity contribution in [3.63, 3.8) is 0 Å². The van der Waals surface area contributed by atoms with Crippen molar-refractivity contribution in [3.8, 4) is 17.3 Å². The van der Waals surface area contributed by atoms with Crippen molar-refractivity contribution in [2.24, 2.45) is 5.73 Å². The highest BCUT2D eigenvalue weighted by Crippen LogP contribution is 2.28. The lowest BCUT2D eigenvalue weighted by molar-refractivity contribution is 0.0990. The molecule has 0 bridgehead atoms. The largest absolute Gasteiger partial charge is 0.393 e. The second kappa shape index (κ2) is 8.47. The van der Waals surface area contributed by atoms with Crippen LogP contribution < -0.4 is 5.73 Å². The third-order valence-electron chi connectivity index (χ3n) is 4.50. The van der Waals surface area contributed by atoms with Gasteiger partial charge in [-0.15, -0.1) is 0 Å². The average Bonchev–Trinajstić information content (AvgIpc) is 3.28. The van der Waals surface area contributed by atoms with E-state index < -0.39 is 12.0 Å². The molecule has 0 aliphatic rings. The van der Waals surface area contributed by atoms with Crippen LogP contribution in [0, 0.1) is 11.3 Å². The number of nitrogens with two attached hydrogens (primary N) is 1. The van der Waals surface area contributed by atoms with Crippen LogP contribution in [-0.4, -0.2) is 32.1 Å². The molecule has 1 unspecified atom stereocenters. The van der Waals surface area contributed by atoms with Gasteiger partial charge in [-0.25, -0.2) is 0 Å². The summed E-state index contributed by atoms with van der Waals surface area (Å²) in [5, 5.41) is 27.4. The number of hydrogen-bond acceptors (Lipinski definition) is 6. The van der Waals surface area contributed by atoms with E-state index in [1.165, 1.54) is 0 Å². The summed E-state index contributed by atoms with van der Waals surface area (Å²) < 4.78 is 6.99. The molecule has 3 aromatic rings. The predicted molar refractivity (Wildman–Crippen MR) is 106 cm³/mol. The van der Waals surface area contributed by atoms with Crippen LogP contribution in [0.5, 0.6) is 0 Å². The first-order valence-corrected chi connectivity index (χ1v) is 9.37. The van der Waals surface area contributed by atoms with Gasteiger partial charge < -0.3 is 15.4 Å². The number of halogens is 1. The molecule has 2 aromatic heterocycles. The number of amides is 1. The second-order valence-corrected chi connectivity index (χ2v) is 7.32. The molecule has 1 amide bonds. The molecule has 0 spiro atoms. The van der Waals surface area contributed by atoms with Gasteiger partial charge in [-0.2, -0.15) is 10.4 Å². The van der Waals surface area contributed by atoms with Gasteiger partial charge in [0.05, 0.1) is 22.4 Å². The Kier molecular flexibility index (Phi) is 6.01. The Morgan fingerprint density at radius 1 is 1.41 bits per heavy atom. The van der Waals surface area contributed by atoms with Crippen molar-refractivity contribution in [2.75, 3.05) is 0 Å². The first-order chi connectivity index (χ1) is 13.8. The Bertz CT molecular complexity index is 1080. The Labute approximate surface area is 172 Å². The maximum Gasteiger partial charge on any atom is 0.271 e. The third kappa shape index (κ3) is 4.47. The first-order valence-electron chi connectivity index (χ1n) is 9.00. The summed E-state index contributed by atoms with van der Waals surface area (Å²) >= 11 is 6.11. The van der Waals surface area contributed by atoms with Crippen LogP contribution in [0.25, 0.3) is 11.3 Å². The summed E-state index contributed by atoms with van der Waals surface area (Å²) in [4.78, 5) is 11.7. The van der Waals surface area contributed by atoms with Crippen LogP contribution in [0.4, 0.5) is 0 Å². The van der Waals surface area contributed by atoms with Gasteiger partial charge in [-0.1, -0.05) is 29.7 Å². The number of nitriles is 1. The number of carbonyl (C=O) groups is 1. The molecule has 0 aliphatic heterocycles. The SMILES string of the molecule is CC(O)Cc1onc(C(N)=O)c1[C@H](C)Cn1ccc(-c2ccc(C#N)c(Cl)c2)n1. The lowest BCUT2D eigenvalue weighted by Crippen LogP contribution is -2.18. The maximum absolute atomic E-state index is 11.7. The van der Waals surface area contributed by atoms with E-state index in [4.69, 9.17) is 27.1 Å². The number of hydrogen-bond donors (Lipinski definition) is 2. The smallest absolute Gasteiger partial charge is 0.271 e. The van der Waals surface area contributed by atoms with Gasteiger partial charge in [0, 0.05) is 36.2 Å². The fourth-order valence-corrected chi connectivity index (χ4v) is 3.41. The van der Waals surface area contributed by atoms with E-state index in [1.807, 2.05) is 25.3 Å². The molecule has 150 valence electrons. The van der Waals surface area contributed by atoms with Gasteiger partial charge in [0.1, 0.15) is 11.8 Å². The zero-order valence-electron chi connectivity index (χ0n) is 16.0. The fraction of sp³-hybridized carbons (Fsp3) is 0.300. The molecular weight excluding hydrogens is 394 g/mol. The van der Waals surface area contributed by atoms with Gasteiger partial charge in [0.2, 0.25) is 0 Å². The number of primary amides is 1. The lowest BCUT2D eigenvalue weighted by atomic mass is 9.96. The normalized spacial score (nSPS) is 13.1. The lowest BCUT2D eigenvalue weighted by Gasteiger charge is -2.13. The summed E-state index contributed by atoms with van der Waals surface area (Å²) in [5.74, 6) is -0.428. The second-order valence-electron chi connectivity index (χ2n) is 6.92. The molecule has 9 heteroatoms. The molecular formula is C20H20ClN5O3. The van der Waals surface area contributed by atoms with Crippen LogP contribution in [0.1, 0.15) is 47.1 Å². The minimum Gasteiger partial charge on any atom is -0.393 e. The van der Waals surface area contributed by atoms with Crippen molar-refractivity contribution in [1.29, 1.82) is 5.26 Å². The Morgan fingerprint density at radius 2 is 2.17 bits per heavy atom. The van der Waals surface area contributed by atoms with Gasteiger partial charge in [-0.3, -0.25) is 9.48 Å². The molecule has 1 aromatic carbocycles. The quantitative estimate of drug-likeness (QED) is 0.612. The highest BCUT2D eigenvalue weighted by atomic mass is 35.5. The monoisotopic (exact) mass is 413 g/mol. The van der Waals surface area contributed by atoms with E-state index >= 15 is 0 Å². The number of rotatable bonds is 7. The van der Waals surface area contributed by atoms with Gasteiger partial charge in [0.15, 0.2) is 5.69 Å². The summed E-state index contributed by atoms with van der Waals surface area (Å²) in [6.07, 6.45) is 1.39. The van der Waals surface area contributed by atoms with Crippen LogP contribution in [0.2, 0.25) is 5.02 Å². The van der Waals surface area contributed by atoms with E-state index in [-0.39, 0.29) is 18.0 Å². The molecule has 0 fully saturated rings. The molecule has 0 saturated carbocycles. The maximum atomic E-state index is 11.7. The summed E-state index contributed by atoms with van der Waals surface area (Å²) in [7, 11) is 0. The summed E-state index contributed by atoms with van der Waals surface area (Å²) in [6.45, 7) is 3.98. The molecule has 3 N–H and O–H groups in total. The van der Waals surface area contributed by atoms with E-state index in [2.05, 4.69) is 10.3 Å². The Morgan fingerprint density at radius 3 is 2.79 bits per heavy atom. The number of carbonyl (C=O) groups excluding carboxylic acids is 1. The molecule has 3 rings (SSSR count). The van der Waals surface area contributed by atoms with Crippen molar-refractivity contribution < 1.29 is 14.4 Å². The zero-order valence-corrected chi connectivity index (χ0v) is 16.7. The van der Waals surface area contributed by atoms with Crippen molar-refractivity contribution in [3.05, 3.63) is 58.1 Å². The van der Waals surface area contributed by atoms with Crippen molar-refractivity contribution in [2.45, 2.75) is 38.8 Å². The average molecular weight is 414 g/mol. The van der Waals surface area contributed by atoms with Crippen LogP contribution in [0.3, 0.4) is 0 Å². The zero-order chi connectivity index (χ0) is 21.1. The van der Waals surface area contributed by atoms with E-state index in [0.717, 1.165) is 5.56 Å². The van der Waals surface area contributed by atoms with Gasteiger partial charge in [0.25, 0.3) is 5.91 Å². The molecule has 0 aliphatic carbocycles. The summed E-state index contributed by atoms with van der Waals surface area (Å²) in [6, 6.07) is 8.99. The minimum atomic E-state index is -0.680. The van der Waals surface area contributed by atoms with Crippen LogP contribution >= 0.6 is 11.6 Å². The highest BCUT2D eigenvalue weighted by Gasteiger charge is 2.26. The number of benzene rings is 1. The van der Waals surface area contributed by atoms with E-state index in [0.29, 0.717) is 34.1 Å². The number of aliphatic hydroxyl groups is 1. The Balaban J connectivity index is 1.85. The molecule has 0 radical (unpaired) electrons. The highest BCUT2D eigenvalue weighted by molar-refractivity contribution is 6.32. The predicted octanol–water partition coefficient (Wildman–Crippen LogP) is 2.89. The van der Waals surface area contributed by atoms with Crippen molar-refractivity contribution >= 4 is 17.5 Å². The topological polar surface area (TPSA) is 131 Å². The first kappa shape index (κ1) is 20.6. The van der Waals surface area contributed by atoms with Crippen LogP contribution in [-0.2, 0) is 13.0 Å². The number of nitrogens with zero attached hydrogens (tertiary/aromatic N) is 4. The third-order valence-corrected chi connectivity index (χ3v) is 4.81. The van der Waals surface area contributed by atoms with E-state index in [9.17, 15) is 9.90 Å². The number of aromatic nitrogens is 3. The molecule has 2 heterocycles. The summed E-state index contributed by atoms with van der Waals surface area (Å²) in [5.41, 5.74) is 7.97. The molecule has 29 heavy (non-hydrogen) atoms. The van der Waals surface area contributed by atoms with Crippen molar-refractivity contribution in [1.82, 2.24) is 14.9 Å². The fourth-order valence-electron chi connectivity index (χ4n) is 3.19. The van der Waals surface area contributed by atoms with Gasteiger partial charge in [-0.05, 0) is 25.1 Å². The molecule has 2 atom stereocenters. The Hall–Kier alpha value is -3.15. The van der Waals surface area contributed by atoms with Gasteiger partial charge >= 0.3 is 0 Å². The molecule has 8 nitrogen and oxygen atoms in total.